The van der Waals surface area contributed by atoms with E-state index in [2.05, 4.69) is 6.92 Å². The Morgan fingerprint density at radius 2 is 1.90 bits per heavy atom. The van der Waals surface area contributed by atoms with Gasteiger partial charge < -0.3 is 9.47 Å². The number of esters is 1. The van der Waals surface area contributed by atoms with Crippen molar-refractivity contribution >= 4 is 16.7 Å². The minimum atomic E-state index is -0.527. The fourth-order valence-electron chi connectivity index (χ4n) is 2.15. The van der Waals surface area contributed by atoms with Crippen LogP contribution in [-0.4, -0.2) is 19.2 Å². The van der Waals surface area contributed by atoms with Gasteiger partial charge in [-0.3, -0.25) is 0 Å². The van der Waals surface area contributed by atoms with Gasteiger partial charge in [-0.05, 0) is 35.7 Å². The van der Waals surface area contributed by atoms with Crippen molar-refractivity contribution in [1.29, 1.82) is 0 Å². The van der Waals surface area contributed by atoms with E-state index in [9.17, 15) is 4.79 Å². The normalized spacial score (nSPS) is 12.1. The van der Waals surface area contributed by atoms with Crippen LogP contribution in [0.2, 0.25) is 0 Å². The van der Waals surface area contributed by atoms with Crippen molar-refractivity contribution in [2.45, 2.75) is 32.3 Å². The van der Waals surface area contributed by atoms with Gasteiger partial charge in [0.05, 0.1) is 7.11 Å². The molecule has 0 heterocycles. The van der Waals surface area contributed by atoms with Crippen LogP contribution >= 0.6 is 0 Å². The van der Waals surface area contributed by atoms with E-state index in [0.29, 0.717) is 12.2 Å². The van der Waals surface area contributed by atoms with Gasteiger partial charge in [0.15, 0.2) is 6.10 Å². The van der Waals surface area contributed by atoms with Crippen LogP contribution in [-0.2, 0) is 9.53 Å². The van der Waals surface area contributed by atoms with Gasteiger partial charge in [0, 0.05) is 0 Å². The lowest BCUT2D eigenvalue weighted by Gasteiger charge is -2.17. The minimum absolute atomic E-state index is 0.313. The maximum atomic E-state index is 11.7. The molecule has 2 aromatic carbocycles. The van der Waals surface area contributed by atoms with Gasteiger partial charge >= 0.3 is 5.97 Å². The van der Waals surface area contributed by atoms with E-state index >= 15 is 0 Å². The molecule has 2 rings (SSSR count). The van der Waals surface area contributed by atoms with Crippen LogP contribution in [0.1, 0.15) is 26.2 Å². The van der Waals surface area contributed by atoms with Crippen molar-refractivity contribution in [3.8, 4) is 5.75 Å². The number of rotatable bonds is 6. The number of benzene rings is 2. The molecule has 0 aliphatic heterocycles. The lowest BCUT2D eigenvalue weighted by Crippen LogP contribution is -2.28. The van der Waals surface area contributed by atoms with Crippen molar-refractivity contribution in [1.82, 2.24) is 0 Å². The van der Waals surface area contributed by atoms with Crippen molar-refractivity contribution in [2.75, 3.05) is 7.11 Å². The van der Waals surface area contributed by atoms with E-state index in [1.165, 1.54) is 7.11 Å². The van der Waals surface area contributed by atoms with Crippen LogP contribution in [0.3, 0.4) is 0 Å². The average Bonchev–Trinajstić information content (AvgIpc) is 2.50. The molecule has 0 radical (unpaired) electrons. The number of ether oxygens (including phenoxy) is 2. The maximum absolute atomic E-state index is 11.7. The molecule has 0 aliphatic carbocycles. The van der Waals surface area contributed by atoms with E-state index in [-0.39, 0.29) is 5.97 Å². The number of carbonyl (C=O) groups is 1. The molecule has 2 aromatic rings. The van der Waals surface area contributed by atoms with Crippen LogP contribution in [0.25, 0.3) is 10.8 Å². The van der Waals surface area contributed by atoms with E-state index in [4.69, 9.17) is 9.47 Å². The summed E-state index contributed by atoms with van der Waals surface area (Å²) in [5.41, 5.74) is 0. The predicted octanol–water partition coefficient (Wildman–Crippen LogP) is 3.95. The third kappa shape index (κ3) is 3.50. The van der Waals surface area contributed by atoms with Crippen LogP contribution in [0.4, 0.5) is 0 Å². The van der Waals surface area contributed by atoms with Crippen LogP contribution in [0.5, 0.6) is 5.75 Å². The summed E-state index contributed by atoms with van der Waals surface area (Å²) in [6, 6.07) is 13.9. The molecule has 0 amide bonds. The van der Waals surface area contributed by atoms with Crippen molar-refractivity contribution in [2.24, 2.45) is 0 Å². The quantitative estimate of drug-likeness (QED) is 0.747. The molecule has 3 nitrogen and oxygen atoms in total. The Morgan fingerprint density at radius 1 is 1.15 bits per heavy atom. The maximum Gasteiger partial charge on any atom is 0.347 e. The molecule has 1 unspecified atom stereocenters. The van der Waals surface area contributed by atoms with Crippen LogP contribution < -0.4 is 4.74 Å². The summed E-state index contributed by atoms with van der Waals surface area (Å²) < 4.78 is 10.6. The van der Waals surface area contributed by atoms with E-state index in [1.54, 1.807) is 0 Å². The molecular weight excluding hydrogens is 252 g/mol. The summed E-state index contributed by atoms with van der Waals surface area (Å²) in [5, 5.41) is 2.26. The molecule has 106 valence electrons. The van der Waals surface area contributed by atoms with Crippen LogP contribution in [0.15, 0.2) is 42.5 Å². The highest BCUT2D eigenvalue weighted by Gasteiger charge is 2.20. The molecule has 20 heavy (non-hydrogen) atoms. The van der Waals surface area contributed by atoms with Gasteiger partial charge in [-0.2, -0.15) is 0 Å². The summed E-state index contributed by atoms with van der Waals surface area (Å²) in [7, 11) is 1.39. The molecular formula is C17H20O3. The van der Waals surface area contributed by atoms with Gasteiger partial charge in [-0.15, -0.1) is 0 Å². The molecule has 0 spiro atoms. The first-order chi connectivity index (χ1) is 9.74. The Kier molecular flexibility index (Phi) is 4.99. The highest BCUT2D eigenvalue weighted by molar-refractivity contribution is 5.84. The Labute approximate surface area is 119 Å². The van der Waals surface area contributed by atoms with Gasteiger partial charge in [0.1, 0.15) is 5.75 Å². The number of carbonyl (C=O) groups excluding carboxylic acids is 1. The topological polar surface area (TPSA) is 35.5 Å². The molecule has 0 saturated heterocycles. The molecule has 0 saturated carbocycles. The van der Waals surface area contributed by atoms with E-state index < -0.39 is 6.10 Å². The highest BCUT2D eigenvalue weighted by Crippen LogP contribution is 2.22. The minimum Gasteiger partial charge on any atom is -0.479 e. The van der Waals surface area contributed by atoms with Gasteiger partial charge in [-0.1, -0.05) is 43.7 Å². The third-order valence-corrected chi connectivity index (χ3v) is 3.28. The first-order valence-corrected chi connectivity index (χ1v) is 6.98. The summed E-state index contributed by atoms with van der Waals surface area (Å²) in [4.78, 5) is 11.7. The molecule has 1 atom stereocenters. The largest absolute Gasteiger partial charge is 0.479 e. The zero-order valence-electron chi connectivity index (χ0n) is 12.0. The number of unbranched alkanes of at least 4 members (excludes halogenated alkanes) is 1. The Hall–Kier alpha value is -2.03. The fourth-order valence-corrected chi connectivity index (χ4v) is 2.15. The molecule has 0 bridgehead atoms. The molecule has 0 fully saturated rings. The number of hydrogen-bond donors (Lipinski definition) is 0. The number of hydrogen-bond acceptors (Lipinski definition) is 3. The summed E-state index contributed by atoms with van der Waals surface area (Å²) in [5.74, 6) is 0.391. The molecule has 3 heteroatoms. The second-order valence-electron chi connectivity index (χ2n) is 4.78. The molecule has 0 N–H and O–H groups in total. The highest BCUT2D eigenvalue weighted by atomic mass is 16.6. The lowest BCUT2D eigenvalue weighted by atomic mass is 10.1. The van der Waals surface area contributed by atoms with E-state index in [0.717, 1.165) is 23.6 Å². The molecule has 0 aromatic heterocycles. The summed E-state index contributed by atoms with van der Waals surface area (Å²) in [6.07, 6.45) is 2.11. The smallest absolute Gasteiger partial charge is 0.347 e. The lowest BCUT2D eigenvalue weighted by molar-refractivity contribution is -0.149. The number of fused-ring (bicyclic) bond motifs is 1. The zero-order chi connectivity index (χ0) is 14.4. The van der Waals surface area contributed by atoms with Gasteiger partial charge in [0.25, 0.3) is 0 Å². The fraction of sp³-hybridized carbons (Fsp3) is 0.353. The average molecular weight is 272 g/mol. The van der Waals surface area contributed by atoms with Gasteiger partial charge in [0.2, 0.25) is 0 Å². The first kappa shape index (κ1) is 14.4. The third-order valence-electron chi connectivity index (χ3n) is 3.28. The van der Waals surface area contributed by atoms with Crippen molar-refractivity contribution in [3.05, 3.63) is 42.5 Å². The Bertz CT molecular complexity index is 577. The SMILES string of the molecule is CCCCC(Oc1ccc2ccccc2c1)C(=O)OC. The Morgan fingerprint density at radius 3 is 2.60 bits per heavy atom. The first-order valence-electron chi connectivity index (χ1n) is 6.98. The Balaban J connectivity index is 2.16. The van der Waals surface area contributed by atoms with Gasteiger partial charge in [-0.25, -0.2) is 4.79 Å². The monoisotopic (exact) mass is 272 g/mol. The number of methoxy groups -OCH3 is 1. The molecule has 0 aliphatic rings. The second-order valence-corrected chi connectivity index (χ2v) is 4.78. The summed E-state index contributed by atoms with van der Waals surface area (Å²) >= 11 is 0. The second kappa shape index (κ2) is 6.94. The van der Waals surface area contributed by atoms with Crippen LogP contribution in [0, 0.1) is 0 Å². The van der Waals surface area contributed by atoms with E-state index in [1.807, 2.05) is 42.5 Å². The predicted molar refractivity (Wildman–Crippen MR) is 79.9 cm³/mol. The van der Waals surface area contributed by atoms with Crippen molar-refractivity contribution < 1.29 is 14.3 Å². The van der Waals surface area contributed by atoms with Crippen molar-refractivity contribution in [3.63, 3.8) is 0 Å². The summed E-state index contributed by atoms with van der Waals surface area (Å²) in [6.45, 7) is 2.09. The standard InChI is InChI=1S/C17H20O3/c1-3-4-9-16(17(18)19-2)20-15-11-10-13-7-5-6-8-14(13)12-15/h5-8,10-12,16H,3-4,9H2,1-2H3. The zero-order valence-corrected chi connectivity index (χ0v) is 12.0.